The summed E-state index contributed by atoms with van der Waals surface area (Å²) in [7, 11) is 0. The number of nitrogens with one attached hydrogen (secondary N) is 1. The van der Waals surface area contributed by atoms with Crippen LogP contribution in [0, 0.1) is 5.82 Å². The maximum absolute atomic E-state index is 13.3. The fraction of sp³-hybridized carbons (Fsp3) is 0.444. The number of fused-ring (bicyclic) bond motifs is 1. The molecule has 5 rings (SSSR count). The standard InChI is InChI=1S/C18H19ClFN5OS/c19-13-6-10(20)7-14(26)16(13)25-9-15-17(23-25)22-18(27-15)21-11-2-1-5-24(8-11)12-3-4-12/h6-7,9,11-12,26H,1-5,8H2,(H,21,22,23). The predicted octanol–water partition coefficient (Wildman–Crippen LogP) is 4.02. The first-order valence-electron chi connectivity index (χ1n) is 9.12. The molecule has 2 aliphatic rings. The summed E-state index contributed by atoms with van der Waals surface area (Å²) in [5.41, 5.74) is 0.835. The molecule has 1 aliphatic carbocycles. The molecule has 0 spiro atoms. The predicted molar refractivity (Wildman–Crippen MR) is 105 cm³/mol. The van der Waals surface area contributed by atoms with E-state index in [4.69, 9.17) is 11.6 Å². The fourth-order valence-corrected chi connectivity index (χ4v) is 4.93. The molecule has 1 saturated carbocycles. The third-order valence-corrected chi connectivity index (χ3v) is 6.36. The number of phenolic OH excluding ortho intramolecular Hbond substituents is 1. The number of nitrogens with zero attached hydrogens (tertiary/aromatic N) is 4. The van der Waals surface area contributed by atoms with Crippen molar-refractivity contribution in [3.8, 4) is 11.4 Å². The van der Waals surface area contributed by atoms with Gasteiger partial charge in [0.15, 0.2) is 10.8 Å². The Bertz CT molecular complexity index is 946. The Kier molecular flexibility index (Phi) is 4.22. The van der Waals surface area contributed by atoms with Crippen LogP contribution in [-0.4, -0.2) is 49.9 Å². The van der Waals surface area contributed by atoms with E-state index in [0.717, 1.165) is 41.0 Å². The highest BCUT2D eigenvalue weighted by Crippen LogP contribution is 2.34. The van der Waals surface area contributed by atoms with Gasteiger partial charge in [0.05, 0.1) is 15.9 Å². The van der Waals surface area contributed by atoms with Crippen molar-refractivity contribution < 1.29 is 9.50 Å². The number of benzene rings is 1. The van der Waals surface area contributed by atoms with Gasteiger partial charge >= 0.3 is 0 Å². The minimum absolute atomic E-state index is 0.100. The van der Waals surface area contributed by atoms with Crippen molar-refractivity contribution >= 4 is 38.4 Å². The Hall–Kier alpha value is -1.90. The SMILES string of the molecule is Oc1cc(F)cc(Cl)c1-n1cc2sc(NC3CCCN(C4CC4)C3)nc2n1. The van der Waals surface area contributed by atoms with Gasteiger partial charge in [-0.2, -0.15) is 4.98 Å². The van der Waals surface area contributed by atoms with Crippen LogP contribution in [0.15, 0.2) is 18.3 Å². The van der Waals surface area contributed by atoms with Gasteiger partial charge in [-0.15, -0.1) is 5.10 Å². The summed E-state index contributed by atoms with van der Waals surface area (Å²) in [6, 6.07) is 3.38. The van der Waals surface area contributed by atoms with Gasteiger partial charge < -0.3 is 10.4 Å². The second kappa shape index (κ2) is 6.61. The quantitative estimate of drug-likeness (QED) is 0.683. The summed E-state index contributed by atoms with van der Waals surface area (Å²) < 4.78 is 15.7. The van der Waals surface area contributed by atoms with E-state index in [1.54, 1.807) is 6.20 Å². The lowest BCUT2D eigenvalue weighted by atomic mass is 10.1. The van der Waals surface area contributed by atoms with Gasteiger partial charge in [-0.1, -0.05) is 22.9 Å². The molecule has 0 radical (unpaired) electrons. The van der Waals surface area contributed by atoms with E-state index in [0.29, 0.717) is 11.7 Å². The van der Waals surface area contributed by atoms with Gasteiger partial charge in [-0.25, -0.2) is 9.07 Å². The lowest BCUT2D eigenvalue weighted by molar-refractivity contribution is 0.207. The number of halogens is 2. The van der Waals surface area contributed by atoms with E-state index in [2.05, 4.69) is 20.3 Å². The zero-order valence-corrected chi connectivity index (χ0v) is 16.1. The van der Waals surface area contributed by atoms with Crippen LogP contribution in [0.2, 0.25) is 5.02 Å². The highest BCUT2D eigenvalue weighted by atomic mass is 35.5. The maximum Gasteiger partial charge on any atom is 0.194 e. The van der Waals surface area contributed by atoms with Crippen molar-refractivity contribution in [1.82, 2.24) is 19.7 Å². The summed E-state index contributed by atoms with van der Waals surface area (Å²) in [6.07, 6.45) is 6.79. The topological polar surface area (TPSA) is 66.2 Å². The third-order valence-electron chi connectivity index (χ3n) is 5.16. The largest absolute Gasteiger partial charge is 0.506 e. The summed E-state index contributed by atoms with van der Waals surface area (Å²) in [5, 5.41) is 18.9. The molecule has 9 heteroatoms. The van der Waals surface area contributed by atoms with Crippen molar-refractivity contribution in [1.29, 1.82) is 0 Å². The minimum atomic E-state index is -0.590. The van der Waals surface area contributed by atoms with Crippen molar-refractivity contribution in [2.24, 2.45) is 0 Å². The summed E-state index contributed by atoms with van der Waals surface area (Å²) in [4.78, 5) is 7.16. The van der Waals surface area contributed by atoms with Crippen molar-refractivity contribution in [2.75, 3.05) is 18.4 Å². The molecule has 6 nitrogen and oxygen atoms in total. The fourth-order valence-electron chi connectivity index (χ4n) is 3.75. The number of likely N-dealkylation sites (tertiary alicyclic amines) is 1. The molecule has 2 N–H and O–H groups in total. The average Bonchev–Trinajstić information content (AvgIpc) is 3.29. The van der Waals surface area contributed by atoms with Gasteiger partial charge in [0.1, 0.15) is 17.3 Å². The molecule has 2 aromatic heterocycles. The van der Waals surface area contributed by atoms with Crippen LogP contribution in [0.5, 0.6) is 5.75 Å². The number of hydrogen-bond acceptors (Lipinski definition) is 6. The number of piperidine rings is 1. The number of anilines is 1. The van der Waals surface area contributed by atoms with E-state index in [1.807, 2.05) is 0 Å². The molecule has 3 aromatic rings. The lowest BCUT2D eigenvalue weighted by Crippen LogP contribution is -2.43. The van der Waals surface area contributed by atoms with Crippen LogP contribution >= 0.6 is 22.9 Å². The van der Waals surface area contributed by atoms with Gasteiger partial charge in [0, 0.05) is 24.7 Å². The zero-order valence-electron chi connectivity index (χ0n) is 14.5. The molecule has 1 unspecified atom stereocenters. The number of phenols is 1. The number of hydrogen-bond donors (Lipinski definition) is 2. The first-order valence-corrected chi connectivity index (χ1v) is 10.3. The molecular weight excluding hydrogens is 389 g/mol. The normalized spacial score (nSPS) is 21.0. The van der Waals surface area contributed by atoms with Gasteiger partial charge in [-0.05, 0) is 38.3 Å². The van der Waals surface area contributed by atoms with Crippen LogP contribution in [0.3, 0.4) is 0 Å². The van der Waals surface area contributed by atoms with Crippen LogP contribution in [0.25, 0.3) is 16.0 Å². The number of aromatic nitrogens is 3. The van der Waals surface area contributed by atoms with E-state index >= 15 is 0 Å². The average molecular weight is 408 g/mol. The van der Waals surface area contributed by atoms with E-state index in [1.165, 1.54) is 41.8 Å². The molecule has 1 aromatic carbocycles. The molecule has 0 amide bonds. The van der Waals surface area contributed by atoms with Gasteiger partial charge in [0.2, 0.25) is 0 Å². The Labute approximate surface area is 164 Å². The Morgan fingerprint density at radius 2 is 2.15 bits per heavy atom. The van der Waals surface area contributed by atoms with Gasteiger partial charge in [0.25, 0.3) is 0 Å². The molecule has 1 saturated heterocycles. The molecule has 142 valence electrons. The number of thiazole rings is 1. The zero-order chi connectivity index (χ0) is 18.5. The molecule has 1 atom stereocenters. The van der Waals surface area contributed by atoms with Crippen LogP contribution < -0.4 is 5.32 Å². The number of aromatic hydroxyl groups is 1. The molecule has 3 heterocycles. The maximum atomic E-state index is 13.3. The van der Waals surface area contributed by atoms with Crippen LogP contribution in [0.4, 0.5) is 9.52 Å². The smallest absolute Gasteiger partial charge is 0.194 e. The Morgan fingerprint density at radius 1 is 1.30 bits per heavy atom. The summed E-state index contributed by atoms with van der Waals surface area (Å²) in [6.45, 7) is 2.28. The van der Waals surface area contributed by atoms with E-state index in [9.17, 15) is 9.50 Å². The Morgan fingerprint density at radius 3 is 2.89 bits per heavy atom. The second-order valence-corrected chi connectivity index (χ2v) is 8.68. The molecule has 0 bridgehead atoms. The molecule has 27 heavy (non-hydrogen) atoms. The molecule has 2 fully saturated rings. The minimum Gasteiger partial charge on any atom is -0.506 e. The summed E-state index contributed by atoms with van der Waals surface area (Å²) in [5.74, 6) is -0.844. The van der Waals surface area contributed by atoms with Crippen molar-refractivity contribution in [2.45, 2.75) is 37.8 Å². The van der Waals surface area contributed by atoms with E-state index < -0.39 is 5.82 Å². The van der Waals surface area contributed by atoms with E-state index in [-0.39, 0.29) is 16.5 Å². The third kappa shape index (κ3) is 3.37. The Balaban J connectivity index is 1.36. The highest BCUT2D eigenvalue weighted by Gasteiger charge is 2.32. The second-order valence-electron chi connectivity index (χ2n) is 7.25. The first kappa shape index (κ1) is 17.2. The highest BCUT2D eigenvalue weighted by molar-refractivity contribution is 7.22. The first-order chi connectivity index (χ1) is 13.1. The molecular formula is C18H19ClFN5OS. The monoisotopic (exact) mass is 407 g/mol. The van der Waals surface area contributed by atoms with Crippen molar-refractivity contribution in [3.63, 3.8) is 0 Å². The van der Waals surface area contributed by atoms with Crippen LogP contribution in [-0.2, 0) is 0 Å². The summed E-state index contributed by atoms with van der Waals surface area (Å²) >= 11 is 7.60. The lowest BCUT2D eigenvalue weighted by Gasteiger charge is -2.33. The number of rotatable bonds is 4. The molecule has 1 aliphatic heterocycles. The van der Waals surface area contributed by atoms with Gasteiger partial charge in [-0.3, -0.25) is 4.90 Å². The van der Waals surface area contributed by atoms with Crippen molar-refractivity contribution in [3.05, 3.63) is 29.2 Å². The van der Waals surface area contributed by atoms with Crippen LogP contribution in [0.1, 0.15) is 25.7 Å².